The van der Waals surface area contributed by atoms with Crippen LogP contribution in [0.25, 0.3) is 33.3 Å². The van der Waals surface area contributed by atoms with Crippen LogP contribution in [-0.4, -0.2) is 29.0 Å². The van der Waals surface area contributed by atoms with Gasteiger partial charge in [0.05, 0.1) is 0 Å². The number of pyridine rings is 1. The molecular formula is C28H30N4O. The van der Waals surface area contributed by atoms with E-state index in [-0.39, 0.29) is 0 Å². The molecule has 1 aliphatic heterocycles. The summed E-state index contributed by atoms with van der Waals surface area (Å²) in [6.45, 7) is 8.41. The minimum absolute atomic E-state index is 0.395. The molecule has 5 heteroatoms. The molecule has 3 heterocycles. The summed E-state index contributed by atoms with van der Waals surface area (Å²) in [5.74, 6) is 0.250. The second-order valence-corrected chi connectivity index (χ2v) is 9.19. The normalized spacial score (nSPS) is 14.6. The first-order valence-corrected chi connectivity index (χ1v) is 11.6. The van der Waals surface area contributed by atoms with Crippen LogP contribution in [0.5, 0.6) is 0 Å². The van der Waals surface area contributed by atoms with E-state index < -0.39 is 5.91 Å². The minimum atomic E-state index is -0.395. The number of carbonyl (C=O) groups is 1. The molecule has 1 aliphatic rings. The van der Waals surface area contributed by atoms with Crippen LogP contribution in [0.4, 0.5) is 0 Å². The highest BCUT2D eigenvalue weighted by Gasteiger charge is 2.18. The number of nitrogens with two attached hydrogens (primary N) is 1. The smallest absolute Gasteiger partial charge is 0.248 e. The first-order valence-electron chi connectivity index (χ1n) is 11.6. The lowest BCUT2D eigenvalue weighted by atomic mass is 9.86. The number of primary amides is 1. The molecule has 5 nitrogen and oxygen atoms in total. The van der Waals surface area contributed by atoms with E-state index in [2.05, 4.69) is 41.5 Å². The van der Waals surface area contributed by atoms with Gasteiger partial charge in [0.1, 0.15) is 5.65 Å². The van der Waals surface area contributed by atoms with Crippen molar-refractivity contribution >= 4 is 16.9 Å². The molecule has 168 valence electrons. The number of nitrogens with zero attached hydrogens (tertiary/aromatic N) is 1. The number of amides is 1. The van der Waals surface area contributed by atoms with E-state index in [1.807, 2.05) is 38.4 Å². The number of hydrogen-bond donors (Lipinski definition) is 3. The summed E-state index contributed by atoms with van der Waals surface area (Å²) in [5, 5.41) is 4.53. The Balaban J connectivity index is 1.55. The Morgan fingerprint density at radius 3 is 2.48 bits per heavy atom. The molecule has 2 aromatic carbocycles. The summed E-state index contributed by atoms with van der Waals surface area (Å²) in [4.78, 5) is 19.8. The molecular weight excluding hydrogens is 408 g/mol. The highest BCUT2D eigenvalue weighted by molar-refractivity contribution is 5.99. The quantitative estimate of drug-likeness (QED) is 0.399. The summed E-state index contributed by atoms with van der Waals surface area (Å²) in [6.07, 6.45) is 6.34. The van der Waals surface area contributed by atoms with E-state index in [1.54, 1.807) is 0 Å². The summed E-state index contributed by atoms with van der Waals surface area (Å²) < 4.78 is 0. The largest absolute Gasteiger partial charge is 0.366 e. The second kappa shape index (κ2) is 8.49. The summed E-state index contributed by atoms with van der Waals surface area (Å²) >= 11 is 0. The maximum Gasteiger partial charge on any atom is 0.248 e. The fourth-order valence-corrected chi connectivity index (χ4v) is 5.21. The lowest BCUT2D eigenvalue weighted by Gasteiger charge is -2.24. The van der Waals surface area contributed by atoms with Crippen LogP contribution in [0.15, 0.2) is 48.8 Å². The average molecular weight is 439 g/mol. The zero-order valence-corrected chi connectivity index (χ0v) is 19.5. The van der Waals surface area contributed by atoms with Gasteiger partial charge in [0.2, 0.25) is 5.91 Å². The van der Waals surface area contributed by atoms with Crippen molar-refractivity contribution in [1.29, 1.82) is 0 Å². The van der Waals surface area contributed by atoms with E-state index in [0.717, 1.165) is 51.9 Å². The van der Waals surface area contributed by atoms with Gasteiger partial charge in [-0.15, -0.1) is 0 Å². The Bertz CT molecular complexity index is 1360. The van der Waals surface area contributed by atoms with Gasteiger partial charge in [-0.3, -0.25) is 4.79 Å². The van der Waals surface area contributed by atoms with Gasteiger partial charge in [-0.05, 0) is 98.1 Å². The molecule has 5 rings (SSSR count). The van der Waals surface area contributed by atoms with E-state index in [4.69, 9.17) is 10.7 Å². The maximum absolute atomic E-state index is 11.7. The van der Waals surface area contributed by atoms with Gasteiger partial charge in [0.15, 0.2) is 0 Å². The molecule has 2 aromatic heterocycles. The molecule has 0 saturated carbocycles. The van der Waals surface area contributed by atoms with Gasteiger partial charge in [-0.25, -0.2) is 4.98 Å². The van der Waals surface area contributed by atoms with Crippen molar-refractivity contribution in [3.05, 3.63) is 76.6 Å². The highest BCUT2D eigenvalue weighted by Crippen LogP contribution is 2.36. The topological polar surface area (TPSA) is 83.8 Å². The van der Waals surface area contributed by atoms with E-state index >= 15 is 0 Å². The number of fused-ring (bicyclic) bond motifs is 1. The molecule has 0 radical (unpaired) electrons. The van der Waals surface area contributed by atoms with Crippen LogP contribution in [0, 0.1) is 20.8 Å². The number of piperidine rings is 1. The number of aromatic nitrogens is 2. The van der Waals surface area contributed by atoms with Gasteiger partial charge < -0.3 is 16.0 Å². The molecule has 33 heavy (non-hydrogen) atoms. The van der Waals surface area contributed by atoms with Crippen molar-refractivity contribution in [2.24, 2.45) is 5.73 Å². The van der Waals surface area contributed by atoms with Crippen molar-refractivity contribution in [1.82, 2.24) is 15.3 Å². The van der Waals surface area contributed by atoms with Crippen LogP contribution in [0.2, 0.25) is 0 Å². The Hall–Kier alpha value is -3.44. The Morgan fingerprint density at radius 2 is 1.76 bits per heavy atom. The number of carbonyl (C=O) groups excluding carboxylic acids is 1. The van der Waals surface area contributed by atoms with Gasteiger partial charge in [-0.2, -0.15) is 0 Å². The zero-order chi connectivity index (χ0) is 23.1. The molecule has 0 aliphatic carbocycles. The predicted molar refractivity (Wildman–Crippen MR) is 135 cm³/mol. The summed E-state index contributed by atoms with van der Waals surface area (Å²) in [7, 11) is 0. The number of benzene rings is 2. The highest BCUT2D eigenvalue weighted by atomic mass is 16.1. The number of aromatic amines is 1. The molecule has 1 fully saturated rings. The molecule has 0 bridgehead atoms. The molecule has 0 spiro atoms. The molecule has 4 aromatic rings. The fourth-order valence-electron chi connectivity index (χ4n) is 5.21. The van der Waals surface area contributed by atoms with Crippen molar-refractivity contribution in [2.75, 3.05) is 13.1 Å². The lowest BCUT2D eigenvalue weighted by molar-refractivity contribution is 0.0999. The molecule has 0 unspecified atom stereocenters. The van der Waals surface area contributed by atoms with Crippen molar-refractivity contribution in [2.45, 2.75) is 39.5 Å². The molecule has 1 amide bonds. The Kier molecular flexibility index (Phi) is 5.51. The van der Waals surface area contributed by atoms with Crippen molar-refractivity contribution in [3.8, 4) is 22.3 Å². The second-order valence-electron chi connectivity index (χ2n) is 9.19. The van der Waals surface area contributed by atoms with Crippen molar-refractivity contribution in [3.63, 3.8) is 0 Å². The van der Waals surface area contributed by atoms with E-state index in [1.165, 1.54) is 29.5 Å². The fraction of sp³-hybridized carbons (Fsp3) is 0.286. The third kappa shape index (κ3) is 3.83. The van der Waals surface area contributed by atoms with Gasteiger partial charge in [0.25, 0.3) is 0 Å². The molecule has 4 N–H and O–H groups in total. The van der Waals surface area contributed by atoms with Crippen LogP contribution in [-0.2, 0) is 0 Å². The van der Waals surface area contributed by atoms with Gasteiger partial charge in [-0.1, -0.05) is 24.3 Å². The maximum atomic E-state index is 11.7. The first kappa shape index (κ1) is 21.4. The lowest BCUT2D eigenvalue weighted by Crippen LogP contribution is -2.26. The van der Waals surface area contributed by atoms with Gasteiger partial charge in [0, 0.05) is 34.5 Å². The van der Waals surface area contributed by atoms with Crippen LogP contribution >= 0.6 is 0 Å². The van der Waals surface area contributed by atoms with Crippen molar-refractivity contribution < 1.29 is 4.79 Å². The summed E-state index contributed by atoms with van der Waals surface area (Å²) in [6, 6.07) is 12.8. The van der Waals surface area contributed by atoms with E-state index in [9.17, 15) is 4.79 Å². The van der Waals surface area contributed by atoms with E-state index in [0.29, 0.717) is 11.5 Å². The summed E-state index contributed by atoms with van der Waals surface area (Å²) in [5.41, 5.74) is 16.2. The standard InChI is InChI=1S/C28H30N4O/c1-16-12-20(4-5-22(16)19-8-10-30-11-9-19)21-13-25-26(15-32-28(25)31-14-21)23-6-7-24(27(29)33)18(3)17(23)2/h4-7,12-15,19,30H,8-11H2,1-3H3,(H2,29,33)(H,31,32). The Morgan fingerprint density at radius 1 is 0.970 bits per heavy atom. The third-order valence-corrected chi connectivity index (χ3v) is 7.26. The molecule has 1 saturated heterocycles. The number of hydrogen-bond acceptors (Lipinski definition) is 3. The first-order chi connectivity index (χ1) is 15.9. The average Bonchev–Trinajstić information content (AvgIpc) is 3.24. The predicted octanol–water partition coefficient (Wildman–Crippen LogP) is 5.39. The van der Waals surface area contributed by atoms with Crippen LogP contribution in [0.1, 0.15) is 51.4 Å². The van der Waals surface area contributed by atoms with Crippen LogP contribution < -0.4 is 11.1 Å². The molecule has 0 atom stereocenters. The zero-order valence-electron chi connectivity index (χ0n) is 19.5. The van der Waals surface area contributed by atoms with Gasteiger partial charge >= 0.3 is 0 Å². The number of H-pyrrole nitrogens is 1. The Labute approximate surface area is 194 Å². The number of rotatable bonds is 4. The number of nitrogens with one attached hydrogen (secondary N) is 2. The SMILES string of the molecule is Cc1cc(-c2cnc3[nH]cc(-c4ccc(C(N)=O)c(C)c4C)c3c2)ccc1C1CCNCC1. The van der Waals surface area contributed by atoms with Crippen LogP contribution in [0.3, 0.4) is 0 Å². The minimum Gasteiger partial charge on any atom is -0.366 e. The third-order valence-electron chi connectivity index (χ3n) is 7.26. The number of aryl methyl sites for hydroxylation is 1. The monoisotopic (exact) mass is 438 g/mol.